The SMILES string of the molecule is CCCC(C(C)=O)C(=O)OC.CCCC(CC#N)(C(C)=O)C(=O)OC. The molecule has 2 atom stereocenters. The Kier molecular flexibility index (Phi) is 13.1. The number of ether oxygens (including phenoxy) is 2. The predicted molar refractivity (Wildman–Crippen MR) is 91.4 cm³/mol. The van der Waals surface area contributed by atoms with Crippen molar-refractivity contribution in [2.75, 3.05) is 14.2 Å². The number of ketones is 2. The molecule has 0 aliphatic carbocycles. The molecule has 0 aliphatic heterocycles. The van der Waals surface area contributed by atoms with E-state index in [1.54, 1.807) is 0 Å². The van der Waals surface area contributed by atoms with Crippen molar-refractivity contribution in [3.8, 4) is 6.07 Å². The van der Waals surface area contributed by atoms with E-state index < -0.39 is 23.3 Å². The molecule has 0 radical (unpaired) electrons. The molecule has 0 aromatic heterocycles. The van der Waals surface area contributed by atoms with Crippen LogP contribution in [-0.4, -0.2) is 37.7 Å². The number of carbonyl (C=O) groups excluding carboxylic acids is 4. The lowest BCUT2D eigenvalue weighted by Crippen LogP contribution is -2.38. The van der Waals surface area contributed by atoms with Gasteiger partial charge >= 0.3 is 11.9 Å². The van der Waals surface area contributed by atoms with Crippen molar-refractivity contribution < 1.29 is 28.7 Å². The highest BCUT2D eigenvalue weighted by atomic mass is 16.5. The van der Waals surface area contributed by atoms with Gasteiger partial charge in [0.05, 0.1) is 26.7 Å². The van der Waals surface area contributed by atoms with E-state index in [4.69, 9.17) is 5.26 Å². The lowest BCUT2D eigenvalue weighted by molar-refractivity contribution is -0.158. The van der Waals surface area contributed by atoms with Gasteiger partial charge in [-0.15, -0.1) is 0 Å². The van der Waals surface area contributed by atoms with Gasteiger partial charge in [0.15, 0.2) is 0 Å². The van der Waals surface area contributed by atoms with Gasteiger partial charge in [-0.2, -0.15) is 5.26 Å². The fourth-order valence-corrected chi connectivity index (χ4v) is 2.38. The highest BCUT2D eigenvalue weighted by Gasteiger charge is 2.43. The molecule has 0 saturated heterocycles. The second-order valence-corrected chi connectivity index (χ2v) is 5.69. The van der Waals surface area contributed by atoms with Crippen LogP contribution in [0.15, 0.2) is 0 Å². The number of carbonyl (C=O) groups is 4. The zero-order valence-electron chi connectivity index (χ0n) is 16.0. The summed E-state index contributed by atoms with van der Waals surface area (Å²) in [6, 6.07) is 1.87. The van der Waals surface area contributed by atoms with E-state index >= 15 is 0 Å². The largest absolute Gasteiger partial charge is 0.468 e. The van der Waals surface area contributed by atoms with E-state index in [-0.39, 0.29) is 18.0 Å². The van der Waals surface area contributed by atoms with E-state index in [2.05, 4.69) is 9.47 Å². The summed E-state index contributed by atoms with van der Waals surface area (Å²) in [6.07, 6.45) is 2.32. The van der Waals surface area contributed by atoms with Crippen molar-refractivity contribution in [3.05, 3.63) is 0 Å². The maximum atomic E-state index is 11.5. The van der Waals surface area contributed by atoms with Crippen LogP contribution >= 0.6 is 0 Å². The molecule has 0 bridgehead atoms. The number of nitrogens with zero attached hydrogens (tertiary/aromatic N) is 1. The van der Waals surface area contributed by atoms with Crippen LogP contribution < -0.4 is 0 Å². The lowest BCUT2D eigenvalue weighted by atomic mass is 9.77. The molecule has 0 amide bonds. The molecule has 0 aliphatic rings. The van der Waals surface area contributed by atoms with E-state index in [0.717, 1.165) is 6.42 Å². The van der Waals surface area contributed by atoms with Crippen LogP contribution in [0.1, 0.15) is 59.8 Å². The van der Waals surface area contributed by atoms with Gasteiger partial charge in [-0.3, -0.25) is 19.2 Å². The summed E-state index contributed by atoms with van der Waals surface area (Å²) in [5.41, 5.74) is -1.25. The number of hydrogen-bond acceptors (Lipinski definition) is 7. The standard InChI is InChI=1S/C10H15NO3.C8H14O3/c1-4-5-10(6-7-11,8(2)12)9(13)14-3;1-4-5-7(6(2)9)8(10)11-3/h4-6H2,1-3H3;7H,4-5H2,1-3H3. The van der Waals surface area contributed by atoms with Crippen LogP contribution in [0.2, 0.25) is 0 Å². The van der Waals surface area contributed by atoms with Crippen LogP contribution in [0, 0.1) is 22.7 Å². The van der Waals surface area contributed by atoms with Crippen LogP contribution in [0.5, 0.6) is 0 Å². The number of nitriles is 1. The third kappa shape index (κ3) is 7.92. The third-order valence-corrected chi connectivity index (χ3v) is 3.86. The van der Waals surface area contributed by atoms with Gasteiger partial charge in [-0.25, -0.2) is 0 Å². The molecule has 0 aromatic rings. The molecule has 25 heavy (non-hydrogen) atoms. The molecular formula is C18H29NO6. The van der Waals surface area contributed by atoms with E-state index in [1.165, 1.54) is 28.1 Å². The van der Waals surface area contributed by atoms with Crippen molar-refractivity contribution in [3.63, 3.8) is 0 Å². The number of esters is 2. The first-order valence-electron chi connectivity index (χ1n) is 8.23. The molecule has 0 spiro atoms. The van der Waals surface area contributed by atoms with E-state index in [1.807, 2.05) is 19.9 Å². The molecule has 0 saturated carbocycles. The van der Waals surface area contributed by atoms with Gasteiger partial charge in [-0.05, 0) is 26.7 Å². The molecule has 0 N–H and O–H groups in total. The van der Waals surface area contributed by atoms with Crippen molar-refractivity contribution in [2.45, 2.75) is 59.8 Å². The molecule has 0 rings (SSSR count). The Morgan fingerprint density at radius 3 is 1.88 bits per heavy atom. The fourth-order valence-electron chi connectivity index (χ4n) is 2.38. The Balaban J connectivity index is 0. The van der Waals surface area contributed by atoms with Gasteiger partial charge in [-0.1, -0.05) is 26.7 Å². The predicted octanol–water partition coefficient (Wildman–Crippen LogP) is 2.61. The smallest absolute Gasteiger partial charge is 0.320 e. The van der Waals surface area contributed by atoms with Crippen LogP contribution in [-0.2, 0) is 28.7 Å². The minimum Gasteiger partial charge on any atom is -0.468 e. The molecule has 2 unspecified atom stereocenters. The van der Waals surface area contributed by atoms with Gasteiger partial charge in [0.2, 0.25) is 0 Å². The number of rotatable bonds is 9. The maximum Gasteiger partial charge on any atom is 0.320 e. The zero-order valence-corrected chi connectivity index (χ0v) is 16.0. The molecule has 7 heteroatoms. The number of Topliss-reactive ketones (excluding diaryl/α,β-unsaturated/α-hetero) is 2. The van der Waals surface area contributed by atoms with Crippen molar-refractivity contribution >= 4 is 23.5 Å². The Labute approximate surface area is 149 Å². The van der Waals surface area contributed by atoms with Crippen molar-refractivity contribution in [1.82, 2.24) is 0 Å². The summed E-state index contributed by atoms with van der Waals surface area (Å²) < 4.78 is 9.04. The van der Waals surface area contributed by atoms with E-state index in [0.29, 0.717) is 19.3 Å². The fraction of sp³-hybridized carbons (Fsp3) is 0.722. The first-order valence-corrected chi connectivity index (χ1v) is 8.23. The Hall–Kier alpha value is -2.23. The molecule has 7 nitrogen and oxygen atoms in total. The summed E-state index contributed by atoms with van der Waals surface area (Å²) >= 11 is 0. The molecular weight excluding hydrogens is 326 g/mol. The summed E-state index contributed by atoms with van der Waals surface area (Å²) in [6.45, 7) is 6.53. The Bertz CT molecular complexity index is 508. The lowest BCUT2D eigenvalue weighted by Gasteiger charge is -2.24. The molecule has 142 valence electrons. The van der Waals surface area contributed by atoms with Crippen molar-refractivity contribution in [2.24, 2.45) is 11.3 Å². The maximum absolute atomic E-state index is 11.5. The highest BCUT2D eigenvalue weighted by Crippen LogP contribution is 2.30. The zero-order chi connectivity index (χ0) is 20.0. The Morgan fingerprint density at radius 1 is 1.04 bits per heavy atom. The average molecular weight is 355 g/mol. The van der Waals surface area contributed by atoms with Crippen LogP contribution in [0.4, 0.5) is 0 Å². The minimum absolute atomic E-state index is 0.108. The summed E-state index contributed by atoms with van der Waals surface area (Å²) in [4.78, 5) is 44.6. The average Bonchev–Trinajstić information content (AvgIpc) is 2.57. The third-order valence-electron chi connectivity index (χ3n) is 3.86. The number of methoxy groups -OCH3 is 2. The van der Waals surface area contributed by atoms with Crippen LogP contribution in [0.25, 0.3) is 0 Å². The topological polar surface area (TPSA) is 111 Å². The molecule has 0 heterocycles. The van der Waals surface area contributed by atoms with Crippen molar-refractivity contribution in [1.29, 1.82) is 5.26 Å². The summed E-state index contributed by atoms with van der Waals surface area (Å²) in [7, 11) is 2.53. The first kappa shape index (κ1) is 25.0. The first-order chi connectivity index (χ1) is 11.7. The highest BCUT2D eigenvalue weighted by molar-refractivity contribution is 6.02. The molecule has 0 fully saturated rings. The molecule has 0 aromatic carbocycles. The second-order valence-electron chi connectivity index (χ2n) is 5.69. The second kappa shape index (κ2) is 13.1. The van der Waals surface area contributed by atoms with E-state index in [9.17, 15) is 19.2 Å². The Morgan fingerprint density at radius 2 is 1.60 bits per heavy atom. The normalized spacial score (nSPS) is 13.2. The van der Waals surface area contributed by atoms with Gasteiger partial charge in [0.1, 0.15) is 22.9 Å². The van der Waals surface area contributed by atoms with Gasteiger partial charge in [0.25, 0.3) is 0 Å². The summed E-state index contributed by atoms with van der Waals surface area (Å²) in [5, 5.41) is 8.61. The van der Waals surface area contributed by atoms with Crippen LogP contribution in [0.3, 0.4) is 0 Å². The van der Waals surface area contributed by atoms with Gasteiger partial charge in [0, 0.05) is 0 Å². The minimum atomic E-state index is -1.25. The quantitative estimate of drug-likeness (QED) is 0.461. The van der Waals surface area contributed by atoms with Gasteiger partial charge < -0.3 is 9.47 Å². The monoisotopic (exact) mass is 355 g/mol. The number of hydrogen-bond donors (Lipinski definition) is 0. The summed E-state index contributed by atoms with van der Waals surface area (Å²) in [5.74, 6) is -1.98.